The van der Waals surface area contributed by atoms with Gasteiger partial charge in [-0.25, -0.2) is 4.39 Å². The quantitative estimate of drug-likeness (QED) is 0.599. The Morgan fingerprint density at radius 2 is 1.96 bits per heavy atom. The highest BCUT2D eigenvalue weighted by atomic mass is 32.1. The van der Waals surface area contributed by atoms with Crippen LogP contribution in [-0.4, -0.2) is 22.6 Å². The molecule has 1 amide bonds. The number of fused-ring (bicyclic) bond motifs is 2. The molecule has 1 aromatic carbocycles. The van der Waals surface area contributed by atoms with Crippen molar-refractivity contribution >= 4 is 28.8 Å². The molecule has 2 heterocycles. The number of halogens is 1. The van der Waals surface area contributed by atoms with E-state index in [-0.39, 0.29) is 44.8 Å². The zero-order chi connectivity index (χ0) is 18.4. The van der Waals surface area contributed by atoms with E-state index in [0.717, 1.165) is 16.9 Å². The molecule has 3 aromatic rings. The number of rotatable bonds is 3. The van der Waals surface area contributed by atoms with Crippen molar-refractivity contribution in [1.29, 1.82) is 0 Å². The lowest BCUT2D eigenvalue weighted by Gasteiger charge is -2.07. The number of aryl methyl sites for hydroxylation is 1. The molecule has 0 atom stereocenters. The van der Waals surface area contributed by atoms with Crippen molar-refractivity contribution in [2.75, 3.05) is 0 Å². The van der Waals surface area contributed by atoms with Crippen molar-refractivity contribution in [3.05, 3.63) is 74.0 Å². The van der Waals surface area contributed by atoms with Crippen molar-refractivity contribution in [3.63, 3.8) is 0 Å². The molecule has 26 heavy (non-hydrogen) atoms. The Balaban J connectivity index is 1.58. The summed E-state index contributed by atoms with van der Waals surface area (Å²) in [7, 11) is 0. The number of thiophene rings is 1. The number of carbonyl (C=O) groups excluding carboxylic acids is 3. The standard InChI is InChI=1S/C18H11FN2O4S/c1-8-13-15(23)17-11(14(22)16(13)25-21-8)6-12(26-17)18(24)20-7-9-2-4-10(19)5-3-9/h2-6H,7H2,1H3,(H,20,24). The van der Waals surface area contributed by atoms with Gasteiger partial charge in [-0.3, -0.25) is 14.4 Å². The van der Waals surface area contributed by atoms with Crippen LogP contribution in [0.1, 0.15) is 52.3 Å². The molecule has 6 nitrogen and oxygen atoms in total. The van der Waals surface area contributed by atoms with Crippen LogP contribution in [0.25, 0.3) is 0 Å². The van der Waals surface area contributed by atoms with Crippen molar-refractivity contribution in [2.45, 2.75) is 13.5 Å². The van der Waals surface area contributed by atoms with E-state index in [2.05, 4.69) is 10.5 Å². The molecule has 0 saturated heterocycles. The molecule has 0 fully saturated rings. The molecule has 0 spiro atoms. The monoisotopic (exact) mass is 370 g/mol. The first-order valence-electron chi connectivity index (χ1n) is 7.68. The minimum absolute atomic E-state index is 0.0870. The highest BCUT2D eigenvalue weighted by Gasteiger charge is 2.38. The molecule has 0 saturated carbocycles. The molecule has 4 rings (SSSR count). The highest BCUT2D eigenvalue weighted by Crippen LogP contribution is 2.34. The fraction of sp³-hybridized carbons (Fsp3) is 0.111. The van der Waals surface area contributed by atoms with Gasteiger partial charge in [0.05, 0.1) is 21.0 Å². The van der Waals surface area contributed by atoms with Crippen molar-refractivity contribution in [2.24, 2.45) is 0 Å². The first kappa shape index (κ1) is 16.3. The second-order valence-electron chi connectivity index (χ2n) is 5.79. The Labute approximate surface area is 150 Å². The number of nitrogens with one attached hydrogen (secondary N) is 1. The van der Waals surface area contributed by atoms with Crippen LogP contribution < -0.4 is 5.32 Å². The molecule has 1 aliphatic rings. The van der Waals surface area contributed by atoms with E-state index in [9.17, 15) is 18.8 Å². The first-order valence-corrected chi connectivity index (χ1v) is 8.49. The summed E-state index contributed by atoms with van der Waals surface area (Å²) in [6.07, 6.45) is 0. The van der Waals surface area contributed by atoms with Crippen LogP contribution in [0.3, 0.4) is 0 Å². The van der Waals surface area contributed by atoms with Crippen molar-refractivity contribution in [3.8, 4) is 0 Å². The van der Waals surface area contributed by atoms with E-state index in [1.807, 2.05) is 0 Å². The fourth-order valence-electron chi connectivity index (χ4n) is 2.74. The molecule has 0 unspecified atom stereocenters. The summed E-state index contributed by atoms with van der Waals surface area (Å²) < 4.78 is 17.9. The van der Waals surface area contributed by atoms with E-state index >= 15 is 0 Å². The SMILES string of the molecule is Cc1noc2c1C(=O)c1sc(C(=O)NCc3ccc(F)cc3)cc1C2=O. The molecule has 0 radical (unpaired) electrons. The minimum atomic E-state index is -0.455. The number of benzene rings is 1. The number of carbonyl (C=O) groups is 3. The highest BCUT2D eigenvalue weighted by molar-refractivity contribution is 7.16. The summed E-state index contributed by atoms with van der Waals surface area (Å²) >= 11 is 0.957. The van der Waals surface area contributed by atoms with Crippen LogP contribution >= 0.6 is 11.3 Å². The molecule has 0 bridgehead atoms. The van der Waals surface area contributed by atoms with Crippen molar-refractivity contribution in [1.82, 2.24) is 10.5 Å². The Morgan fingerprint density at radius 3 is 2.69 bits per heavy atom. The van der Waals surface area contributed by atoms with Gasteiger partial charge in [-0.2, -0.15) is 0 Å². The fourth-order valence-corrected chi connectivity index (χ4v) is 3.76. The van der Waals surface area contributed by atoms with E-state index in [1.54, 1.807) is 19.1 Å². The van der Waals surface area contributed by atoms with E-state index < -0.39 is 11.7 Å². The maximum absolute atomic E-state index is 12.9. The maximum Gasteiger partial charge on any atom is 0.261 e. The zero-order valence-electron chi connectivity index (χ0n) is 13.5. The van der Waals surface area contributed by atoms with Crippen LogP contribution in [0.5, 0.6) is 0 Å². The largest absolute Gasteiger partial charge is 0.352 e. The Bertz CT molecular complexity index is 1070. The predicted octanol–water partition coefficient (Wildman–Crippen LogP) is 2.89. The third-order valence-corrected chi connectivity index (χ3v) is 5.20. The van der Waals surface area contributed by atoms with Gasteiger partial charge in [-0.15, -0.1) is 11.3 Å². The smallest absolute Gasteiger partial charge is 0.261 e. The number of nitrogens with zero attached hydrogens (tertiary/aromatic N) is 1. The van der Waals surface area contributed by atoms with Gasteiger partial charge in [0.15, 0.2) is 0 Å². The Morgan fingerprint density at radius 1 is 1.23 bits per heavy atom. The first-order chi connectivity index (χ1) is 12.5. The van der Waals surface area contributed by atoms with Gasteiger partial charge in [0.1, 0.15) is 5.82 Å². The number of aromatic nitrogens is 1. The summed E-state index contributed by atoms with van der Waals surface area (Å²) in [4.78, 5) is 37.9. The van der Waals surface area contributed by atoms with E-state index in [0.29, 0.717) is 5.69 Å². The predicted molar refractivity (Wildman–Crippen MR) is 90.0 cm³/mol. The van der Waals surface area contributed by atoms with Crippen LogP contribution in [0.4, 0.5) is 4.39 Å². The normalized spacial score (nSPS) is 12.7. The lowest BCUT2D eigenvalue weighted by atomic mass is 9.93. The van der Waals surface area contributed by atoms with Crippen LogP contribution in [0.2, 0.25) is 0 Å². The van der Waals surface area contributed by atoms with E-state index in [4.69, 9.17) is 4.52 Å². The van der Waals surface area contributed by atoms with Gasteiger partial charge < -0.3 is 9.84 Å². The summed E-state index contributed by atoms with van der Waals surface area (Å²) in [6.45, 7) is 1.79. The average molecular weight is 370 g/mol. The molecule has 1 aliphatic carbocycles. The van der Waals surface area contributed by atoms with Gasteiger partial charge in [0.2, 0.25) is 17.3 Å². The molecule has 0 aliphatic heterocycles. The van der Waals surface area contributed by atoms with Crippen LogP contribution in [0, 0.1) is 12.7 Å². The topological polar surface area (TPSA) is 89.3 Å². The second-order valence-corrected chi connectivity index (χ2v) is 6.85. The molecule has 130 valence electrons. The third-order valence-electron chi connectivity index (χ3n) is 4.07. The number of ketones is 2. The van der Waals surface area contributed by atoms with Gasteiger partial charge in [0.25, 0.3) is 5.91 Å². The molecular formula is C18H11FN2O4S. The molecule has 2 aromatic heterocycles. The summed E-state index contributed by atoms with van der Waals surface area (Å²) in [5.41, 5.74) is 1.38. The van der Waals surface area contributed by atoms with Gasteiger partial charge in [-0.05, 0) is 30.7 Å². The Hall–Kier alpha value is -3.13. The number of amides is 1. The molecule has 1 N–H and O–H groups in total. The summed E-state index contributed by atoms with van der Waals surface area (Å²) in [5, 5.41) is 6.36. The summed E-state index contributed by atoms with van der Waals surface area (Å²) in [5.74, 6) is -1.68. The number of hydrogen-bond donors (Lipinski definition) is 1. The summed E-state index contributed by atoms with van der Waals surface area (Å²) in [6, 6.07) is 7.13. The van der Waals surface area contributed by atoms with Gasteiger partial charge in [-0.1, -0.05) is 17.3 Å². The van der Waals surface area contributed by atoms with Gasteiger partial charge in [0, 0.05) is 12.1 Å². The third kappa shape index (κ3) is 2.55. The minimum Gasteiger partial charge on any atom is -0.352 e. The lowest BCUT2D eigenvalue weighted by Crippen LogP contribution is -2.21. The maximum atomic E-state index is 12.9. The van der Waals surface area contributed by atoms with Crippen LogP contribution in [-0.2, 0) is 6.54 Å². The lowest BCUT2D eigenvalue weighted by molar-refractivity contribution is 0.0953. The van der Waals surface area contributed by atoms with E-state index in [1.165, 1.54) is 18.2 Å². The molecular weight excluding hydrogens is 359 g/mol. The van der Waals surface area contributed by atoms with Crippen LogP contribution in [0.15, 0.2) is 34.9 Å². The second kappa shape index (κ2) is 5.99. The number of hydrogen-bond acceptors (Lipinski definition) is 6. The average Bonchev–Trinajstić information content (AvgIpc) is 3.24. The van der Waals surface area contributed by atoms with Crippen molar-refractivity contribution < 1.29 is 23.3 Å². The zero-order valence-corrected chi connectivity index (χ0v) is 14.3. The Kier molecular flexibility index (Phi) is 3.77. The molecule has 8 heteroatoms. The van der Waals surface area contributed by atoms with Gasteiger partial charge >= 0.3 is 0 Å².